The molecule has 1 N–H and O–H groups in total. The summed E-state index contributed by atoms with van der Waals surface area (Å²) in [4.78, 5) is 15.3. The Morgan fingerprint density at radius 2 is 1.66 bits per heavy atom. The van der Waals surface area contributed by atoms with Gasteiger partial charge in [-0.1, -0.05) is 48.5 Å². The molecular formula is C25H23N3O4. The Morgan fingerprint density at radius 1 is 0.969 bits per heavy atom. The fourth-order valence-electron chi connectivity index (χ4n) is 3.26. The number of rotatable bonds is 8. The normalized spacial score (nSPS) is 12.2. The number of aromatic nitrogens is 2. The van der Waals surface area contributed by atoms with Crippen LogP contribution in [0.3, 0.4) is 0 Å². The molecule has 7 heteroatoms. The van der Waals surface area contributed by atoms with Gasteiger partial charge in [-0.2, -0.15) is 0 Å². The summed E-state index contributed by atoms with van der Waals surface area (Å²) >= 11 is 0. The molecule has 0 radical (unpaired) electrons. The molecule has 0 aliphatic heterocycles. The minimum Gasteiger partial charge on any atom is -0.488 e. The predicted octanol–water partition coefficient (Wildman–Crippen LogP) is 4.34. The van der Waals surface area contributed by atoms with Crippen molar-refractivity contribution < 1.29 is 19.4 Å². The molecule has 0 aliphatic rings. The lowest BCUT2D eigenvalue weighted by atomic mass is 10.1. The number of aliphatic carboxylic acids is 1. The number of carboxylic acid groups (broad SMARTS) is 1. The summed E-state index contributed by atoms with van der Waals surface area (Å²) in [7, 11) is 1.69. The zero-order chi connectivity index (χ0) is 22.3. The first-order valence-corrected chi connectivity index (χ1v) is 10.1. The number of ether oxygens (including phenoxy) is 2. The average molecular weight is 429 g/mol. The van der Waals surface area contributed by atoms with Crippen LogP contribution in [0.15, 0.2) is 96.3 Å². The van der Waals surface area contributed by atoms with E-state index in [1.165, 1.54) is 0 Å². The maximum atomic E-state index is 11.0. The molecule has 2 heterocycles. The maximum Gasteiger partial charge on any atom is 0.325 e. The fourth-order valence-corrected chi connectivity index (χ4v) is 3.26. The van der Waals surface area contributed by atoms with Crippen molar-refractivity contribution in [1.82, 2.24) is 9.20 Å². The van der Waals surface area contributed by atoms with E-state index in [1.54, 1.807) is 28.6 Å². The number of benzene rings is 2. The number of pyridine rings is 1. The van der Waals surface area contributed by atoms with Crippen LogP contribution in [-0.2, 0) is 16.1 Å². The highest BCUT2D eigenvalue weighted by Crippen LogP contribution is 2.20. The summed E-state index contributed by atoms with van der Waals surface area (Å²) in [5.41, 5.74) is 2.70. The summed E-state index contributed by atoms with van der Waals surface area (Å²) in [5.74, 6) is 0.864. The van der Waals surface area contributed by atoms with Gasteiger partial charge in [-0.05, 0) is 30.3 Å². The van der Waals surface area contributed by atoms with Gasteiger partial charge in [0, 0.05) is 24.4 Å². The Bertz CT molecular complexity index is 1250. The zero-order valence-electron chi connectivity index (χ0n) is 17.6. The molecule has 32 heavy (non-hydrogen) atoms. The molecule has 0 fully saturated rings. The third-order valence-electron chi connectivity index (χ3n) is 4.80. The molecule has 0 spiro atoms. The van der Waals surface area contributed by atoms with Crippen molar-refractivity contribution >= 4 is 23.1 Å². The van der Waals surface area contributed by atoms with Crippen molar-refractivity contribution in [3.63, 3.8) is 0 Å². The second-order valence-electron chi connectivity index (χ2n) is 7.00. The Hall–Kier alpha value is -4.26. The molecule has 7 nitrogen and oxygen atoms in total. The van der Waals surface area contributed by atoms with Gasteiger partial charge in [0.05, 0.1) is 11.7 Å². The SMILES string of the molecule is CN=C(O/C(=C/COc1ccc2cn(CC(=O)O)n2c1)c1ccccc1)c1ccccc1. The molecule has 0 bridgehead atoms. The topological polar surface area (TPSA) is 77.5 Å². The van der Waals surface area contributed by atoms with Crippen LogP contribution in [0.4, 0.5) is 0 Å². The molecule has 0 saturated carbocycles. The van der Waals surface area contributed by atoms with E-state index in [0.717, 1.165) is 16.6 Å². The number of hydrogen-bond donors (Lipinski definition) is 1. The van der Waals surface area contributed by atoms with E-state index >= 15 is 0 Å². The number of fused-ring (bicyclic) bond motifs is 1. The van der Waals surface area contributed by atoms with Crippen LogP contribution in [-0.4, -0.2) is 39.8 Å². The van der Waals surface area contributed by atoms with E-state index in [1.807, 2.05) is 78.9 Å². The van der Waals surface area contributed by atoms with Crippen molar-refractivity contribution in [3.8, 4) is 5.75 Å². The quantitative estimate of drug-likeness (QED) is 0.257. The average Bonchev–Trinajstić information content (AvgIpc) is 2.81. The fraction of sp³-hybridized carbons (Fsp3) is 0.120. The van der Waals surface area contributed by atoms with Crippen molar-refractivity contribution in [1.29, 1.82) is 0 Å². The van der Waals surface area contributed by atoms with Crippen molar-refractivity contribution in [3.05, 3.63) is 102 Å². The minimum absolute atomic E-state index is 0.106. The maximum absolute atomic E-state index is 11.0. The molecule has 4 aromatic rings. The van der Waals surface area contributed by atoms with Gasteiger partial charge in [-0.15, -0.1) is 0 Å². The van der Waals surface area contributed by atoms with Gasteiger partial charge < -0.3 is 14.6 Å². The summed E-state index contributed by atoms with van der Waals surface area (Å²) in [6.45, 7) is 0.156. The van der Waals surface area contributed by atoms with Crippen molar-refractivity contribution in [2.24, 2.45) is 4.99 Å². The van der Waals surface area contributed by atoms with Gasteiger partial charge in [0.2, 0.25) is 5.90 Å². The Labute approximate surface area is 185 Å². The summed E-state index contributed by atoms with van der Waals surface area (Å²) < 4.78 is 15.4. The molecule has 0 aliphatic carbocycles. The third kappa shape index (κ3) is 4.89. The lowest BCUT2D eigenvalue weighted by molar-refractivity contribution is -0.138. The van der Waals surface area contributed by atoms with Crippen LogP contribution in [0.5, 0.6) is 5.75 Å². The second kappa shape index (κ2) is 9.70. The molecule has 4 rings (SSSR count). The van der Waals surface area contributed by atoms with E-state index in [2.05, 4.69) is 4.99 Å². The number of carboxylic acids is 1. The Morgan fingerprint density at radius 3 is 2.31 bits per heavy atom. The van der Waals surface area contributed by atoms with Gasteiger partial charge in [-0.3, -0.25) is 19.0 Å². The smallest absolute Gasteiger partial charge is 0.325 e. The molecule has 0 saturated heterocycles. The molecule has 2 aromatic heterocycles. The largest absolute Gasteiger partial charge is 0.488 e. The molecular weight excluding hydrogens is 406 g/mol. The highest BCUT2D eigenvalue weighted by molar-refractivity contribution is 5.97. The highest BCUT2D eigenvalue weighted by atomic mass is 16.5. The third-order valence-corrected chi connectivity index (χ3v) is 4.80. The number of hydrogen-bond acceptors (Lipinski definition) is 4. The molecule has 0 amide bonds. The molecule has 162 valence electrons. The Balaban J connectivity index is 1.52. The first-order chi connectivity index (χ1) is 15.6. The summed E-state index contributed by atoms with van der Waals surface area (Å²) in [5, 5.41) is 8.99. The first-order valence-electron chi connectivity index (χ1n) is 10.1. The standard InChI is InChI=1S/C25H23N3O4/c1-26-25(20-10-6-3-7-11-20)32-23(19-8-4-2-5-9-19)14-15-31-22-13-12-21-16-27(18-24(29)30)28(21)17-22/h2-14,16-17H,15,18H2,1H3,(H,29,30)/b23-14+,26-25?. The number of nitrogens with zero attached hydrogens (tertiary/aromatic N) is 3. The number of aliphatic imine (C=N–C) groups is 1. The van der Waals surface area contributed by atoms with E-state index in [0.29, 0.717) is 17.4 Å². The summed E-state index contributed by atoms with van der Waals surface area (Å²) in [6.07, 6.45) is 5.39. The van der Waals surface area contributed by atoms with Crippen LogP contribution < -0.4 is 4.74 Å². The van der Waals surface area contributed by atoms with Gasteiger partial charge >= 0.3 is 5.97 Å². The number of carbonyl (C=O) groups is 1. The molecule has 0 unspecified atom stereocenters. The predicted molar refractivity (Wildman–Crippen MR) is 123 cm³/mol. The highest BCUT2D eigenvalue weighted by Gasteiger charge is 2.11. The first kappa shape index (κ1) is 21.0. The lowest BCUT2D eigenvalue weighted by Crippen LogP contribution is -2.20. The zero-order valence-corrected chi connectivity index (χ0v) is 17.6. The molecule has 2 aromatic carbocycles. The van der Waals surface area contributed by atoms with Crippen LogP contribution in [0.25, 0.3) is 11.3 Å². The van der Waals surface area contributed by atoms with Crippen molar-refractivity contribution in [2.45, 2.75) is 6.54 Å². The van der Waals surface area contributed by atoms with E-state index in [4.69, 9.17) is 14.6 Å². The second-order valence-corrected chi connectivity index (χ2v) is 7.00. The van der Waals surface area contributed by atoms with E-state index in [9.17, 15) is 4.79 Å². The van der Waals surface area contributed by atoms with Crippen LogP contribution in [0, 0.1) is 0 Å². The summed E-state index contributed by atoms with van der Waals surface area (Å²) in [6, 6.07) is 23.2. The van der Waals surface area contributed by atoms with Gasteiger partial charge in [-0.25, -0.2) is 0 Å². The van der Waals surface area contributed by atoms with E-state index in [-0.39, 0.29) is 13.2 Å². The minimum atomic E-state index is -0.898. The van der Waals surface area contributed by atoms with E-state index < -0.39 is 5.97 Å². The van der Waals surface area contributed by atoms with Crippen molar-refractivity contribution in [2.75, 3.05) is 13.7 Å². The lowest BCUT2D eigenvalue weighted by Gasteiger charge is -2.18. The van der Waals surface area contributed by atoms with Crippen LogP contribution >= 0.6 is 0 Å². The van der Waals surface area contributed by atoms with Gasteiger partial charge in [0.25, 0.3) is 0 Å². The Kier molecular flexibility index (Phi) is 6.36. The van der Waals surface area contributed by atoms with Gasteiger partial charge in [0.15, 0.2) is 0 Å². The van der Waals surface area contributed by atoms with Crippen LogP contribution in [0.1, 0.15) is 11.1 Å². The van der Waals surface area contributed by atoms with Crippen LogP contribution in [0.2, 0.25) is 0 Å². The monoisotopic (exact) mass is 429 g/mol. The van der Waals surface area contributed by atoms with Gasteiger partial charge in [0.1, 0.15) is 24.7 Å². The molecule has 0 atom stereocenters.